The number of nitrogens with one attached hydrogen (secondary N) is 1. The number of carbonyl (C=O) groups excluding carboxylic acids is 1. The number of halogens is 1. The highest BCUT2D eigenvalue weighted by Crippen LogP contribution is 2.24. The normalized spacial score (nSPS) is 16.3. The van der Waals surface area contributed by atoms with Crippen LogP contribution in [-0.2, 0) is 0 Å². The molecule has 1 aliphatic rings. The topological polar surface area (TPSA) is 61.6 Å². The number of amides is 1. The molecule has 1 aliphatic heterocycles. The maximum atomic E-state index is 12.7. The van der Waals surface area contributed by atoms with Gasteiger partial charge in [-0.2, -0.15) is 0 Å². The predicted molar refractivity (Wildman–Crippen MR) is 118 cm³/mol. The molecule has 0 radical (unpaired) electrons. The summed E-state index contributed by atoms with van der Waals surface area (Å²) >= 11 is 6.07. The summed E-state index contributed by atoms with van der Waals surface area (Å²) in [7, 11) is 2.13. The van der Waals surface area contributed by atoms with E-state index in [1.165, 1.54) is 0 Å². The van der Waals surface area contributed by atoms with Crippen molar-refractivity contribution in [3.63, 3.8) is 0 Å². The maximum absolute atomic E-state index is 12.7. The van der Waals surface area contributed by atoms with Gasteiger partial charge in [0.2, 0.25) is 0 Å². The number of piperazine rings is 1. The van der Waals surface area contributed by atoms with E-state index in [4.69, 9.17) is 16.1 Å². The van der Waals surface area contributed by atoms with Crippen molar-refractivity contribution in [2.45, 2.75) is 6.04 Å². The number of hydrogen-bond acceptors (Lipinski definition) is 5. The van der Waals surface area contributed by atoms with Crippen molar-refractivity contribution in [2.24, 2.45) is 0 Å². The Morgan fingerprint density at radius 1 is 1.10 bits per heavy atom. The molecule has 0 bridgehead atoms. The molecule has 0 saturated carbocycles. The van der Waals surface area contributed by atoms with Gasteiger partial charge in [0.1, 0.15) is 0 Å². The monoisotopic (exact) mass is 424 g/mol. The van der Waals surface area contributed by atoms with Crippen molar-refractivity contribution in [1.82, 2.24) is 20.3 Å². The summed E-state index contributed by atoms with van der Waals surface area (Å²) in [5.74, 6) is 0.336. The van der Waals surface area contributed by atoms with Crippen LogP contribution < -0.4 is 5.32 Å². The first-order chi connectivity index (χ1) is 14.6. The molecule has 2 aromatic carbocycles. The lowest BCUT2D eigenvalue weighted by Crippen LogP contribution is -2.48. The highest BCUT2D eigenvalue weighted by atomic mass is 35.5. The van der Waals surface area contributed by atoms with E-state index in [0.717, 1.165) is 37.3 Å². The molecule has 1 saturated heterocycles. The summed E-state index contributed by atoms with van der Waals surface area (Å²) in [6.07, 6.45) is 0. The van der Waals surface area contributed by atoms with Crippen LogP contribution in [0.2, 0.25) is 5.02 Å². The first-order valence-corrected chi connectivity index (χ1v) is 10.5. The first kappa shape index (κ1) is 20.6. The fourth-order valence-electron chi connectivity index (χ4n) is 3.68. The lowest BCUT2D eigenvalue weighted by atomic mass is 10.0. The number of nitrogens with zero attached hydrogens (tertiary/aromatic N) is 3. The van der Waals surface area contributed by atoms with Gasteiger partial charge in [0.05, 0.1) is 6.04 Å². The smallest absolute Gasteiger partial charge is 0.273 e. The highest BCUT2D eigenvalue weighted by Gasteiger charge is 2.25. The van der Waals surface area contributed by atoms with Crippen molar-refractivity contribution in [2.75, 3.05) is 39.8 Å². The molecule has 7 heteroatoms. The maximum Gasteiger partial charge on any atom is 0.273 e. The average Bonchev–Trinajstić information content (AvgIpc) is 3.27. The summed E-state index contributed by atoms with van der Waals surface area (Å²) in [6, 6.07) is 19.2. The van der Waals surface area contributed by atoms with Crippen LogP contribution in [-0.4, -0.2) is 60.6 Å². The third kappa shape index (κ3) is 4.90. The Morgan fingerprint density at radius 3 is 2.50 bits per heavy atom. The lowest BCUT2D eigenvalue weighted by molar-refractivity contribution is 0.0879. The van der Waals surface area contributed by atoms with E-state index in [0.29, 0.717) is 17.3 Å². The predicted octanol–water partition coefficient (Wildman–Crippen LogP) is 3.71. The van der Waals surface area contributed by atoms with Gasteiger partial charge in [-0.3, -0.25) is 9.69 Å². The minimum absolute atomic E-state index is 0.0698. The lowest BCUT2D eigenvalue weighted by Gasteiger charge is -2.38. The Bertz CT molecular complexity index is 966. The van der Waals surface area contributed by atoms with Gasteiger partial charge in [-0.1, -0.05) is 59.2 Å². The molecule has 1 atom stereocenters. The standard InChI is InChI=1S/C23H25ClN4O2/c1-27-11-13-28(14-12-27)21(17-7-9-19(24)10-8-17)16-25-23(29)20-15-22(30-26-20)18-5-3-2-4-6-18/h2-10,15,21H,11-14,16H2,1H3,(H,25,29)/t21-/m0/s1. The molecule has 1 N–H and O–H groups in total. The van der Waals surface area contributed by atoms with Crippen molar-refractivity contribution < 1.29 is 9.32 Å². The molecular formula is C23H25ClN4O2. The summed E-state index contributed by atoms with van der Waals surface area (Å²) in [4.78, 5) is 17.5. The zero-order valence-electron chi connectivity index (χ0n) is 16.9. The van der Waals surface area contributed by atoms with Crippen LogP contribution in [0.15, 0.2) is 65.2 Å². The van der Waals surface area contributed by atoms with Crippen molar-refractivity contribution in [3.05, 3.63) is 76.9 Å². The van der Waals surface area contributed by atoms with Gasteiger partial charge in [0.15, 0.2) is 11.5 Å². The second-order valence-electron chi connectivity index (χ2n) is 7.56. The van der Waals surface area contributed by atoms with Gasteiger partial charge in [-0.15, -0.1) is 0 Å². The second kappa shape index (κ2) is 9.43. The number of hydrogen-bond donors (Lipinski definition) is 1. The van der Waals surface area contributed by atoms with E-state index in [1.807, 2.05) is 54.6 Å². The molecule has 1 fully saturated rings. The number of benzene rings is 2. The van der Waals surface area contributed by atoms with Crippen molar-refractivity contribution >= 4 is 17.5 Å². The molecule has 3 aromatic rings. The minimum Gasteiger partial charge on any atom is -0.355 e. The molecule has 30 heavy (non-hydrogen) atoms. The summed E-state index contributed by atoms with van der Waals surface area (Å²) < 4.78 is 5.36. The van der Waals surface area contributed by atoms with Crippen LogP contribution in [0.1, 0.15) is 22.1 Å². The first-order valence-electron chi connectivity index (χ1n) is 10.1. The van der Waals surface area contributed by atoms with Crippen LogP contribution in [0, 0.1) is 0 Å². The third-order valence-corrected chi connectivity index (χ3v) is 5.74. The van der Waals surface area contributed by atoms with E-state index < -0.39 is 0 Å². The Balaban J connectivity index is 1.46. The van der Waals surface area contributed by atoms with Crippen LogP contribution in [0.4, 0.5) is 0 Å². The number of aromatic nitrogens is 1. The van der Waals surface area contributed by atoms with Crippen molar-refractivity contribution in [3.8, 4) is 11.3 Å². The van der Waals surface area contributed by atoms with E-state index in [9.17, 15) is 4.79 Å². The summed E-state index contributed by atoms with van der Waals surface area (Å²) in [6.45, 7) is 4.38. The second-order valence-corrected chi connectivity index (χ2v) is 8.00. The fourth-order valence-corrected chi connectivity index (χ4v) is 3.80. The number of rotatable bonds is 6. The Labute approximate surface area is 181 Å². The van der Waals surface area contributed by atoms with E-state index in [1.54, 1.807) is 6.07 Å². The Kier molecular flexibility index (Phi) is 6.47. The Hall–Kier alpha value is -2.67. The SMILES string of the molecule is CN1CCN([C@@H](CNC(=O)c2cc(-c3ccccc3)on2)c2ccc(Cl)cc2)CC1. The zero-order chi connectivity index (χ0) is 20.9. The highest BCUT2D eigenvalue weighted by molar-refractivity contribution is 6.30. The van der Waals surface area contributed by atoms with E-state index >= 15 is 0 Å². The minimum atomic E-state index is -0.242. The molecule has 1 amide bonds. The van der Waals surface area contributed by atoms with Gasteiger partial charge in [0, 0.05) is 49.4 Å². The molecule has 0 unspecified atom stereocenters. The molecule has 4 rings (SSSR count). The average molecular weight is 425 g/mol. The largest absolute Gasteiger partial charge is 0.355 e. The van der Waals surface area contributed by atoms with Crippen LogP contribution >= 0.6 is 11.6 Å². The van der Waals surface area contributed by atoms with Crippen LogP contribution in [0.3, 0.4) is 0 Å². The fraction of sp³-hybridized carbons (Fsp3) is 0.304. The molecule has 0 aliphatic carbocycles. The molecule has 1 aromatic heterocycles. The van der Waals surface area contributed by atoms with Gasteiger partial charge in [0.25, 0.3) is 5.91 Å². The zero-order valence-corrected chi connectivity index (χ0v) is 17.7. The van der Waals surface area contributed by atoms with Gasteiger partial charge in [-0.25, -0.2) is 0 Å². The van der Waals surface area contributed by atoms with E-state index in [-0.39, 0.29) is 17.6 Å². The molecular weight excluding hydrogens is 400 g/mol. The van der Waals surface area contributed by atoms with Crippen LogP contribution in [0.5, 0.6) is 0 Å². The van der Waals surface area contributed by atoms with E-state index in [2.05, 4.69) is 27.3 Å². The molecule has 156 valence electrons. The van der Waals surface area contributed by atoms with Gasteiger partial charge >= 0.3 is 0 Å². The van der Waals surface area contributed by atoms with Crippen molar-refractivity contribution in [1.29, 1.82) is 0 Å². The summed E-state index contributed by atoms with van der Waals surface area (Å²) in [5.41, 5.74) is 2.30. The van der Waals surface area contributed by atoms with Crippen LogP contribution in [0.25, 0.3) is 11.3 Å². The van der Waals surface area contributed by atoms with Gasteiger partial charge in [-0.05, 0) is 24.7 Å². The van der Waals surface area contributed by atoms with Gasteiger partial charge < -0.3 is 14.7 Å². The summed E-state index contributed by atoms with van der Waals surface area (Å²) in [5, 5.41) is 7.69. The molecule has 2 heterocycles. The quantitative estimate of drug-likeness (QED) is 0.653. The number of carbonyl (C=O) groups is 1. The number of likely N-dealkylation sites (N-methyl/N-ethyl adjacent to an activating group) is 1. The molecule has 6 nitrogen and oxygen atoms in total. The Morgan fingerprint density at radius 2 is 1.80 bits per heavy atom. The third-order valence-electron chi connectivity index (χ3n) is 5.49. The molecule has 0 spiro atoms.